The van der Waals surface area contributed by atoms with Crippen molar-refractivity contribution in [2.75, 3.05) is 7.05 Å². The molecule has 0 atom stereocenters. The van der Waals surface area contributed by atoms with Crippen LogP contribution in [0, 0.1) is 0 Å². The number of urea groups is 1. The molecule has 1 aromatic carbocycles. The Morgan fingerprint density at radius 1 is 1.26 bits per heavy atom. The number of primary amides is 1. The van der Waals surface area contributed by atoms with Crippen LogP contribution in [0.3, 0.4) is 0 Å². The van der Waals surface area contributed by atoms with Gasteiger partial charge in [0, 0.05) is 19.7 Å². The first-order valence-electron chi connectivity index (χ1n) is 5.66. The van der Waals surface area contributed by atoms with Crippen LogP contribution < -0.4 is 5.73 Å². The van der Waals surface area contributed by atoms with E-state index in [2.05, 4.69) is 0 Å². The van der Waals surface area contributed by atoms with Gasteiger partial charge in [0.1, 0.15) is 0 Å². The normalized spacial score (nSPS) is 11.0. The molecule has 19 heavy (non-hydrogen) atoms. The first-order chi connectivity index (χ1) is 8.99. The second-order valence-corrected chi connectivity index (χ2v) is 3.99. The van der Waals surface area contributed by atoms with Crippen molar-refractivity contribution in [1.82, 2.24) is 4.90 Å². The molecule has 0 unspecified atom stereocenters. The average molecular weight is 260 g/mol. The summed E-state index contributed by atoms with van der Waals surface area (Å²) in [7, 11) is 1.63. The first kappa shape index (κ1) is 14.5. The van der Waals surface area contributed by atoms with Gasteiger partial charge in [0.15, 0.2) is 0 Å². The first-order valence-corrected chi connectivity index (χ1v) is 5.66. The molecule has 0 bridgehead atoms. The molecule has 0 heterocycles. The number of hydrogen-bond donors (Lipinski definition) is 2. The van der Waals surface area contributed by atoms with Crippen LogP contribution in [0.5, 0.6) is 0 Å². The van der Waals surface area contributed by atoms with E-state index in [0.29, 0.717) is 6.54 Å². The molecule has 0 spiro atoms. The van der Waals surface area contributed by atoms with Crippen molar-refractivity contribution >= 4 is 18.1 Å². The van der Waals surface area contributed by atoms with Crippen molar-refractivity contribution in [3.8, 4) is 0 Å². The van der Waals surface area contributed by atoms with Crippen LogP contribution >= 0.6 is 0 Å². The number of carbonyl (C=O) groups excluding carboxylic acids is 1. The number of carbonyl (C=O) groups is 2. The second-order valence-electron chi connectivity index (χ2n) is 3.99. The van der Waals surface area contributed by atoms with Gasteiger partial charge < -0.3 is 15.7 Å². The van der Waals surface area contributed by atoms with Gasteiger partial charge in [-0.2, -0.15) is 0 Å². The molecule has 0 aliphatic rings. The van der Waals surface area contributed by atoms with E-state index in [9.17, 15) is 9.59 Å². The molecular weight excluding hydrogens is 244 g/mol. The van der Waals surface area contributed by atoms with E-state index in [1.807, 2.05) is 24.3 Å². The maximum absolute atomic E-state index is 10.9. The van der Waals surface area contributed by atoms with Gasteiger partial charge in [-0.1, -0.05) is 42.5 Å². The summed E-state index contributed by atoms with van der Waals surface area (Å²) in [6.45, 7) is 0.457. The van der Waals surface area contributed by atoms with E-state index in [0.717, 1.165) is 17.2 Å². The van der Waals surface area contributed by atoms with Crippen LogP contribution in [0.4, 0.5) is 4.79 Å². The van der Waals surface area contributed by atoms with Crippen molar-refractivity contribution in [2.45, 2.75) is 6.54 Å². The highest BCUT2D eigenvalue weighted by molar-refractivity contribution is 5.80. The zero-order valence-electron chi connectivity index (χ0n) is 10.6. The summed E-state index contributed by atoms with van der Waals surface area (Å²) in [5.74, 6) is -0.977. The lowest BCUT2D eigenvalue weighted by atomic mass is 10.1. The molecule has 1 rings (SSSR count). The molecule has 1 aromatic rings. The minimum absolute atomic E-state index is 0.457. The van der Waals surface area contributed by atoms with Gasteiger partial charge >= 0.3 is 12.0 Å². The number of benzene rings is 1. The summed E-state index contributed by atoms with van der Waals surface area (Å²) < 4.78 is 0. The quantitative estimate of drug-likeness (QED) is 0.626. The SMILES string of the molecule is CN(Cc1ccc(/C=C/C=C/C(=O)O)cc1)C(N)=O. The Morgan fingerprint density at radius 2 is 1.89 bits per heavy atom. The molecule has 0 radical (unpaired) electrons. The third-order valence-corrected chi connectivity index (χ3v) is 2.41. The van der Waals surface area contributed by atoms with E-state index < -0.39 is 12.0 Å². The Hall–Kier alpha value is -2.56. The Bertz CT molecular complexity index is 504. The number of nitrogens with zero attached hydrogens (tertiary/aromatic N) is 1. The fourth-order valence-corrected chi connectivity index (χ4v) is 1.39. The number of rotatable bonds is 5. The van der Waals surface area contributed by atoms with Gasteiger partial charge in [0.2, 0.25) is 0 Å². The molecule has 5 nitrogen and oxygen atoms in total. The molecule has 0 aliphatic heterocycles. The van der Waals surface area contributed by atoms with Crippen LogP contribution in [0.15, 0.2) is 42.5 Å². The molecule has 0 saturated heterocycles. The van der Waals surface area contributed by atoms with Gasteiger partial charge in [-0.15, -0.1) is 0 Å². The predicted octanol–water partition coefficient (Wildman–Crippen LogP) is 1.85. The van der Waals surface area contributed by atoms with Crippen molar-refractivity contribution in [3.63, 3.8) is 0 Å². The fraction of sp³-hybridized carbons (Fsp3) is 0.143. The maximum Gasteiger partial charge on any atom is 0.328 e. The van der Waals surface area contributed by atoms with Crippen LogP contribution in [-0.4, -0.2) is 29.1 Å². The lowest BCUT2D eigenvalue weighted by Gasteiger charge is -2.13. The molecule has 3 N–H and O–H groups in total. The Kier molecular flexibility index (Phi) is 5.35. The number of hydrogen-bond acceptors (Lipinski definition) is 2. The molecule has 100 valence electrons. The second kappa shape index (κ2) is 7.00. The highest BCUT2D eigenvalue weighted by Crippen LogP contribution is 2.08. The van der Waals surface area contributed by atoms with Crippen molar-refractivity contribution < 1.29 is 14.7 Å². The van der Waals surface area contributed by atoms with Crippen molar-refractivity contribution in [2.24, 2.45) is 5.73 Å². The Labute approximate surface area is 111 Å². The monoisotopic (exact) mass is 260 g/mol. The lowest BCUT2D eigenvalue weighted by Crippen LogP contribution is -2.31. The molecule has 0 aromatic heterocycles. The summed E-state index contributed by atoms with van der Waals surface area (Å²) >= 11 is 0. The van der Waals surface area contributed by atoms with Crippen molar-refractivity contribution in [3.05, 3.63) is 53.6 Å². The largest absolute Gasteiger partial charge is 0.478 e. The zero-order valence-corrected chi connectivity index (χ0v) is 10.6. The Morgan fingerprint density at radius 3 is 2.42 bits per heavy atom. The number of aliphatic carboxylic acids is 1. The molecular formula is C14H16N2O3. The smallest absolute Gasteiger partial charge is 0.328 e. The molecule has 0 fully saturated rings. The van der Waals surface area contributed by atoms with Gasteiger partial charge in [-0.3, -0.25) is 0 Å². The summed E-state index contributed by atoms with van der Waals surface area (Å²) in [5, 5.41) is 8.41. The summed E-state index contributed by atoms with van der Waals surface area (Å²) in [6.07, 6.45) is 5.96. The van der Waals surface area contributed by atoms with Crippen molar-refractivity contribution in [1.29, 1.82) is 0 Å². The number of carboxylic acid groups (broad SMARTS) is 1. The summed E-state index contributed by atoms with van der Waals surface area (Å²) in [4.78, 5) is 22.5. The summed E-state index contributed by atoms with van der Waals surface area (Å²) in [6, 6.07) is 7.08. The minimum atomic E-state index is -0.977. The fourth-order valence-electron chi connectivity index (χ4n) is 1.39. The van der Waals surface area contributed by atoms with Crippen LogP contribution in [-0.2, 0) is 11.3 Å². The predicted molar refractivity (Wildman–Crippen MR) is 73.3 cm³/mol. The van der Waals surface area contributed by atoms with E-state index in [1.165, 1.54) is 11.0 Å². The van der Waals surface area contributed by atoms with Gasteiger partial charge in [-0.05, 0) is 11.1 Å². The van der Waals surface area contributed by atoms with Crippen LogP contribution in [0.25, 0.3) is 6.08 Å². The van der Waals surface area contributed by atoms with Gasteiger partial charge in [0.25, 0.3) is 0 Å². The van der Waals surface area contributed by atoms with E-state index in [1.54, 1.807) is 19.2 Å². The van der Waals surface area contributed by atoms with E-state index in [-0.39, 0.29) is 0 Å². The van der Waals surface area contributed by atoms with E-state index >= 15 is 0 Å². The van der Waals surface area contributed by atoms with Gasteiger partial charge in [0.05, 0.1) is 0 Å². The molecule has 2 amide bonds. The zero-order chi connectivity index (χ0) is 14.3. The summed E-state index contributed by atoms with van der Waals surface area (Å²) in [5.41, 5.74) is 7.06. The molecule has 0 aliphatic carbocycles. The number of allylic oxidation sites excluding steroid dienone is 2. The lowest BCUT2D eigenvalue weighted by molar-refractivity contribution is -0.131. The number of carboxylic acids is 1. The Balaban J connectivity index is 2.61. The topological polar surface area (TPSA) is 83.6 Å². The highest BCUT2D eigenvalue weighted by atomic mass is 16.4. The van der Waals surface area contributed by atoms with E-state index in [4.69, 9.17) is 10.8 Å². The average Bonchev–Trinajstić information content (AvgIpc) is 2.36. The molecule has 0 saturated carbocycles. The minimum Gasteiger partial charge on any atom is -0.478 e. The third kappa shape index (κ3) is 5.54. The third-order valence-electron chi connectivity index (χ3n) is 2.41. The van der Waals surface area contributed by atoms with Gasteiger partial charge in [-0.25, -0.2) is 9.59 Å². The van der Waals surface area contributed by atoms with Crippen LogP contribution in [0.1, 0.15) is 11.1 Å². The standard InChI is InChI=1S/C14H16N2O3/c1-16(14(15)19)10-12-8-6-11(7-9-12)4-2-3-5-13(17)18/h2-9H,10H2,1H3,(H2,15,19)(H,17,18)/b4-2+,5-3+. The number of nitrogens with two attached hydrogens (primary N) is 1. The number of amides is 2. The molecule has 5 heteroatoms. The maximum atomic E-state index is 10.9. The van der Waals surface area contributed by atoms with Crippen LogP contribution in [0.2, 0.25) is 0 Å². The highest BCUT2D eigenvalue weighted by Gasteiger charge is 2.03.